The van der Waals surface area contributed by atoms with Gasteiger partial charge in [-0.1, -0.05) is 82.9 Å². The van der Waals surface area contributed by atoms with Gasteiger partial charge in [0.1, 0.15) is 0 Å². The lowest BCUT2D eigenvalue weighted by molar-refractivity contribution is 0.306. The Balaban J connectivity index is 0.000000552. The number of nitrogens with zero attached hydrogens (tertiary/aromatic N) is 2. The molecular formula is C22H38N2O3S. The molecule has 0 saturated heterocycles. The first-order chi connectivity index (χ1) is 13.6. The van der Waals surface area contributed by atoms with E-state index in [0.29, 0.717) is 0 Å². The number of rotatable bonds is 13. The predicted octanol–water partition coefficient (Wildman–Crippen LogP) is 5.27. The van der Waals surface area contributed by atoms with Gasteiger partial charge in [0.25, 0.3) is 10.1 Å². The zero-order valence-corrected chi connectivity index (χ0v) is 18.5. The Bertz CT molecular complexity index is 618. The summed E-state index contributed by atoms with van der Waals surface area (Å²) in [4.78, 5) is 6.27. The Labute approximate surface area is 172 Å². The monoisotopic (exact) mass is 410 g/mol. The highest BCUT2D eigenvalue weighted by Gasteiger charge is 2.13. The van der Waals surface area contributed by atoms with E-state index in [1.54, 1.807) is 30.3 Å². The molecule has 0 atom stereocenters. The molecule has 2 rings (SSSR count). The fourth-order valence-electron chi connectivity index (χ4n) is 2.88. The number of hydrogen-bond donors (Lipinski definition) is 0. The van der Waals surface area contributed by atoms with E-state index in [-0.39, 0.29) is 11.5 Å². The highest BCUT2D eigenvalue weighted by Crippen LogP contribution is 2.13. The zero-order chi connectivity index (χ0) is 20.5. The summed E-state index contributed by atoms with van der Waals surface area (Å²) in [5.74, 6) is 0. The smallest absolute Gasteiger partial charge is 0.296 e. The molecule has 0 saturated carbocycles. The van der Waals surface area contributed by atoms with Crippen LogP contribution in [0.4, 0.5) is 0 Å². The van der Waals surface area contributed by atoms with Crippen molar-refractivity contribution >= 4 is 16.5 Å². The molecule has 0 unspecified atom stereocenters. The van der Waals surface area contributed by atoms with Crippen LogP contribution in [-0.4, -0.2) is 46.4 Å². The summed E-state index contributed by atoms with van der Waals surface area (Å²) < 4.78 is 28.8. The van der Waals surface area contributed by atoms with Gasteiger partial charge < -0.3 is 4.90 Å². The number of unbranched alkanes of at least 4 members (excludes halogenated alkanes) is 9. The molecule has 0 spiro atoms. The summed E-state index contributed by atoms with van der Waals surface area (Å²) in [6.07, 6.45) is 14.1. The maximum Gasteiger partial charge on any atom is 0.296 e. The van der Waals surface area contributed by atoms with Gasteiger partial charge >= 0.3 is 0 Å². The molecule has 0 bridgehead atoms. The van der Waals surface area contributed by atoms with Gasteiger partial charge in [0.15, 0.2) is 0 Å². The number of benzene rings is 1. The van der Waals surface area contributed by atoms with E-state index >= 15 is 0 Å². The van der Waals surface area contributed by atoms with Crippen LogP contribution in [-0.2, 0) is 14.3 Å². The van der Waals surface area contributed by atoms with Crippen molar-refractivity contribution in [3.8, 4) is 0 Å². The van der Waals surface area contributed by atoms with Crippen molar-refractivity contribution in [2.24, 2.45) is 4.99 Å². The van der Waals surface area contributed by atoms with Crippen molar-refractivity contribution in [1.82, 2.24) is 4.90 Å². The van der Waals surface area contributed by atoms with Crippen molar-refractivity contribution in [1.29, 1.82) is 0 Å². The molecule has 0 aromatic heterocycles. The molecule has 0 N–H and O–H groups in total. The van der Waals surface area contributed by atoms with E-state index in [4.69, 9.17) is 4.18 Å². The third-order valence-corrected chi connectivity index (χ3v) is 5.96. The third-order valence-electron chi connectivity index (χ3n) is 4.63. The largest absolute Gasteiger partial charge is 0.364 e. The van der Waals surface area contributed by atoms with Gasteiger partial charge in [0.05, 0.1) is 24.4 Å². The minimum atomic E-state index is -3.57. The molecule has 5 nitrogen and oxygen atoms in total. The van der Waals surface area contributed by atoms with Gasteiger partial charge in [-0.05, 0) is 18.6 Å². The van der Waals surface area contributed by atoms with Crippen molar-refractivity contribution in [2.75, 3.05) is 26.7 Å². The zero-order valence-electron chi connectivity index (χ0n) is 17.7. The fourth-order valence-corrected chi connectivity index (χ4v) is 3.85. The fraction of sp³-hybridized carbons (Fsp3) is 0.682. The van der Waals surface area contributed by atoms with Crippen molar-refractivity contribution in [3.05, 3.63) is 30.3 Å². The van der Waals surface area contributed by atoms with E-state index in [2.05, 4.69) is 16.8 Å². The van der Waals surface area contributed by atoms with Crippen molar-refractivity contribution in [3.63, 3.8) is 0 Å². The Hall–Kier alpha value is -1.40. The van der Waals surface area contributed by atoms with Crippen LogP contribution < -0.4 is 0 Å². The minimum absolute atomic E-state index is 0.238. The van der Waals surface area contributed by atoms with Crippen LogP contribution in [0.15, 0.2) is 40.2 Å². The number of aliphatic imine (C=N–C) groups is 1. The van der Waals surface area contributed by atoms with E-state index < -0.39 is 10.1 Å². The molecule has 1 aromatic carbocycles. The second-order valence-electron chi connectivity index (χ2n) is 7.27. The Kier molecular flexibility index (Phi) is 13.7. The highest BCUT2D eigenvalue weighted by atomic mass is 32.2. The lowest BCUT2D eigenvalue weighted by Crippen LogP contribution is -2.11. The van der Waals surface area contributed by atoms with E-state index in [0.717, 1.165) is 25.9 Å². The first-order valence-corrected chi connectivity index (χ1v) is 12.1. The predicted molar refractivity (Wildman–Crippen MR) is 117 cm³/mol. The molecule has 28 heavy (non-hydrogen) atoms. The molecule has 6 heteroatoms. The van der Waals surface area contributed by atoms with Gasteiger partial charge in [0.2, 0.25) is 0 Å². The van der Waals surface area contributed by atoms with E-state index in [1.165, 1.54) is 51.4 Å². The molecular weight excluding hydrogens is 372 g/mol. The van der Waals surface area contributed by atoms with Gasteiger partial charge in [0, 0.05) is 13.6 Å². The van der Waals surface area contributed by atoms with Crippen molar-refractivity contribution in [2.45, 2.75) is 76.0 Å². The second-order valence-corrected chi connectivity index (χ2v) is 8.89. The molecule has 1 aromatic rings. The van der Waals surface area contributed by atoms with Crippen LogP contribution in [0.25, 0.3) is 0 Å². The summed E-state index contributed by atoms with van der Waals surface area (Å²) in [7, 11) is -1.55. The van der Waals surface area contributed by atoms with Crippen LogP contribution in [0.3, 0.4) is 0 Å². The molecule has 0 amide bonds. The topological polar surface area (TPSA) is 59.0 Å². The Morgan fingerprint density at radius 1 is 0.929 bits per heavy atom. The van der Waals surface area contributed by atoms with Crippen LogP contribution >= 0.6 is 0 Å². The van der Waals surface area contributed by atoms with Crippen LogP contribution in [0.5, 0.6) is 0 Å². The maximum atomic E-state index is 11.9. The van der Waals surface area contributed by atoms with Crippen molar-refractivity contribution < 1.29 is 12.6 Å². The molecule has 0 fully saturated rings. The second kappa shape index (κ2) is 15.5. The lowest BCUT2D eigenvalue weighted by Gasteiger charge is -2.05. The van der Waals surface area contributed by atoms with Gasteiger partial charge in [-0.25, -0.2) is 0 Å². The van der Waals surface area contributed by atoms with Gasteiger partial charge in [-0.15, -0.1) is 0 Å². The highest BCUT2D eigenvalue weighted by molar-refractivity contribution is 7.86. The van der Waals surface area contributed by atoms with E-state index in [9.17, 15) is 8.42 Å². The lowest BCUT2D eigenvalue weighted by atomic mass is 10.1. The molecule has 1 aliphatic rings. The van der Waals surface area contributed by atoms with Crippen LogP contribution in [0.1, 0.15) is 71.1 Å². The summed E-state index contributed by atoms with van der Waals surface area (Å²) in [6.45, 7) is 4.60. The Morgan fingerprint density at radius 2 is 1.50 bits per heavy atom. The van der Waals surface area contributed by atoms with E-state index in [1.807, 2.05) is 13.4 Å². The van der Waals surface area contributed by atoms with Gasteiger partial charge in [-0.2, -0.15) is 8.42 Å². The summed E-state index contributed by atoms with van der Waals surface area (Å²) >= 11 is 0. The number of hydrogen-bond acceptors (Lipinski definition) is 5. The van der Waals surface area contributed by atoms with Crippen LogP contribution in [0, 0.1) is 0 Å². The normalized spacial score (nSPS) is 13.4. The first kappa shape index (κ1) is 24.6. The SMILES string of the molecule is CCCCCCCCCCCCOS(=O)(=O)c1ccccc1.CN1C=NCC1. The number of likely N-dealkylation sites (N-methyl/N-ethyl adjacent to an activating group) is 1. The molecule has 1 aliphatic heterocycles. The third kappa shape index (κ3) is 12.1. The standard InChI is InChI=1S/C18H30O3S.C4H8N2/c1-2-3-4-5-6-7-8-9-10-14-17-21-22(19,20)18-15-12-11-13-16-18;1-6-3-2-5-4-6/h11-13,15-16H,2-10,14,17H2,1H3;4H,2-3H2,1H3. The molecule has 1 heterocycles. The summed E-state index contributed by atoms with van der Waals surface area (Å²) in [5.41, 5.74) is 0. The molecule has 0 radical (unpaired) electrons. The minimum Gasteiger partial charge on any atom is -0.364 e. The average Bonchev–Trinajstić information content (AvgIpc) is 3.18. The maximum absolute atomic E-state index is 11.9. The summed E-state index contributed by atoms with van der Waals surface area (Å²) in [6, 6.07) is 8.33. The van der Waals surface area contributed by atoms with Gasteiger partial charge in [-0.3, -0.25) is 9.18 Å². The quantitative estimate of drug-likeness (QED) is 0.328. The summed E-state index contributed by atoms with van der Waals surface area (Å²) in [5, 5.41) is 0. The molecule has 0 aliphatic carbocycles. The molecule has 160 valence electrons. The Morgan fingerprint density at radius 3 is 1.96 bits per heavy atom. The van der Waals surface area contributed by atoms with Crippen LogP contribution in [0.2, 0.25) is 0 Å². The average molecular weight is 411 g/mol. The first-order valence-electron chi connectivity index (χ1n) is 10.7.